The fourth-order valence-electron chi connectivity index (χ4n) is 2.80. The molecule has 0 atom stereocenters. The lowest BCUT2D eigenvalue weighted by atomic mass is 10.0. The van der Waals surface area contributed by atoms with E-state index in [0.29, 0.717) is 12.2 Å². The number of rotatable bonds is 7. The SMILES string of the molecule is NCc1ncccc1S(=O)(=O)NCCCC1CCCC1. The average molecular weight is 297 g/mol. The summed E-state index contributed by atoms with van der Waals surface area (Å²) in [6, 6.07) is 3.17. The molecule has 1 aliphatic rings. The fraction of sp³-hybridized carbons (Fsp3) is 0.643. The van der Waals surface area contributed by atoms with Crippen LogP contribution in [-0.4, -0.2) is 19.9 Å². The van der Waals surface area contributed by atoms with Crippen LogP contribution in [0.15, 0.2) is 23.2 Å². The Morgan fingerprint density at radius 3 is 2.80 bits per heavy atom. The van der Waals surface area contributed by atoms with Crippen molar-refractivity contribution in [1.29, 1.82) is 0 Å². The first-order valence-corrected chi connectivity index (χ1v) is 8.75. The standard InChI is InChI=1S/C14H23N3O2S/c15-11-13-14(8-4-9-16-13)20(18,19)17-10-3-7-12-5-1-2-6-12/h4,8-9,12,17H,1-3,5-7,10-11,15H2. The van der Waals surface area contributed by atoms with Crippen molar-refractivity contribution in [3.63, 3.8) is 0 Å². The van der Waals surface area contributed by atoms with Gasteiger partial charge in [0.25, 0.3) is 0 Å². The molecule has 0 aliphatic heterocycles. The lowest BCUT2D eigenvalue weighted by molar-refractivity contribution is 0.480. The van der Waals surface area contributed by atoms with Crippen molar-refractivity contribution >= 4 is 10.0 Å². The minimum atomic E-state index is -3.49. The van der Waals surface area contributed by atoms with E-state index < -0.39 is 10.0 Å². The van der Waals surface area contributed by atoms with Crippen LogP contribution in [0.5, 0.6) is 0 Å². The van der Waals surface area contributed by atoms with Gasteiger partial charge in [-0.15, -0.1) is 0 Å². The maximum Gasteiger partial charge on any atom is 0.242 e. The molecule has 0 radical (unpaired) electrons. The number of hydrogen-bond acceptors (Lipinski definition) is 4. The summed E-state index contributed by atoms with van der Waals surface area (Å²) >= 11 is 0. The molecule has 112 valence electrons. The second kappa shape index (κ2) is 7.15. The predicted octanol–water partition coefficient (Wildman–Crippen LogP) is 1.79. The van der Waals surface area contributed by atoms with Gasteiger partial charge in [-0.25, -0.2) is 13.1 Å². The van der Waals surface area contributed by atoms with Gasteiger partial charge in [0, 0.05) is 19.3 Å². The van der Waals surface area contributed by atoms with Crippen LogP contribution in [0.4, 0.5) is 0 Å². The molecule has 2 rings (SSSR count). The van der Waals surface area contributed by atoms with Crippen molar-refractivity contribution in [3.05, 3.63) is 24.0 Å². The number of aromatic nitrogens is 1. The monoisotopic (exact) mass is 297 g/mol. The molecule has 0 unspecified atom stereocenters. The van der Waals surface area contributed by atoms with E-state index in [4.69, 9.17) is 5.73 Å². The Balaban J connectivity index is 1.87. The molecule has 0 amide bonds. The molecule has 0 bridgehead atoms. The molecule has 1 aliphatic carbocycles. The third-order valence-corrected chi connectivity index (χ3v) is 5.42. The van der Waals surface area contributed by atoms with Crippen molar-refractivity contribution in [2.75, 3.05) is 6.54 Å². The number of pyridine rings is 1. The van der Waals surface area contributed by atoms with E-state index in [1.807, 2.05) is 0 Å². The van der Waals surface area contributed by atoms with Crippen molar-refractivity contribution in [1.82, 2.24) is 9.71 Å². The molecule has 6 heteroatoms. The van der Waals surface area contributed by atoms with Crippen LogP contribution in [0.25, 0.3) is 0 Å². The number of nitrogens with zero attached hydrogens (tertiary/aromatic N) is 1. The van der Waals surface area contributed by atoms with E-state index in [1.165, 1.54) is 25.7 Å². The molecule has 1 aromatic rings. The third-order valence-electron chi connectivity index (χ3n) is 3.89. The van der Waals surface area contributed by atoms with Gasteiger partial charge in [-0.2, -0.15) is 0 Å². The van der Waals surface area contributed by atoms with Gasteiger partial charge in [0.15, 0.2) is 0 Å². The summed E-state index contributed by atoms with van der Waals surface area (Å²) in [4.78, 5) is 4.21. The summed E-state index contributed by atoms with van der Waals surface area (Å²) in [6.45, 7) is 0.608. The van der Waals surface area contributed by atoms with Gasteiger partial charge in [0.05, 0.1) is 5.69 Å². The lowest BCUT2D eigenvalue weighted by Crippen LogP contribution is -2.26. The van der Waals surface area contributed by atoms with Gasteiger partial charge in [-0.3, -0.25) is 4.98 Å². The maximum absolute atomic E-state index is 12.2. The van der Waals surface area contributed by atoms with E-state index >= 15 is 0 Å². The van der Waals surface area contributed by atoms with Crippen LogP contribution < -0.4 is 10.5 Å². The summed E-state index contributed by atoms with van der Waals surface area (Å²) in [7, 11) is -3.49. The highest BCUT2D eigenvalue weighted by Crippen LogP contribution is 2.28. The largest absolute Gasteiger partial charge is 0.325 e. The summed E-state index contributed by atoms with van der Waals surface area (Å²) in [5.41, 5.74) is 5.94. The second-order valence-corrected chi connectivity index (χ2v) is 7.08. The van der Waals surface area contributed by atoms with E-state index in [2.05, 4.69) is 9.71 Å². The number of nitrogens with one attached hydrogen (secondary N) is 1. The van der Waals surface area contributed by atoms with E-state index in [-0.39, 0.29) is 11.4 Å². The third kappa shape index (κ3) is 4.01. The lowest BCUT2D eigenvalue weighted by Gasteiger charge is -2.11. The Kier molecular flexibility index (Phi) is 5.51. The average Bonchev–Trinajstić information content (AvgIpc) is 2.97. The first-order valence-electron chi connectivity index (χ1n) is 7.27. The zero-order valence-corrected chi connectivity index (χ0v) is 12.5. The smallest absolute Gasteiger partial charge is 0.242 e. The van der Waals surface area contributed by atoms with Crippen LogP contribution in [-0.2, 0) is 16.6 Å². The topological polar surface area (TPSA) is 85.1 Å². The van der Waals surface area contributed by atoms with E-state index in [9.17, 15) is 8.42 Å². The van der Waals surface area contributed by atoms with Crippen LogP contribution in [0.2, 0.25) is 0 Å². The zero-order chi connectivity index (χ0) is 14.4. The Morgan fingerprint density at radius 1 is 1.35 bits per heavy atom. The first kappa shape index (κ1) is 15.4. The van der Waals surface area contributed by atoms with Gasteiger partial charge in [-0.05, 0) is 30.9 Å². The molecule has 1 aromatic heterocycles. The molecule has 1 saturated carbocycles. The van der Waals surface area contributed by atoms with Crippen molar-refractivity contribution < 1.29 is 8.42 Å². The Hall–Kier alpha value is -0.980. The Labute approximate surface area is 121 Å². The van der Waals surface area contributed by atoms with Crippen LogP contribution in [0, 0.1) is 5.92 Å². The minimum Gasteiger partial charge on any atom is -0.325 e. The molecule has 5 nitrogen and oxygen atoms in total. The summed E-state index contributed by atoms with van der Waals surface area (Å²) in [5, 5.41) is 0. The molecule has 0 saturated heterocycles. The normalized spacial score (nSPS) is 16.6. The van der Waals surface area contributed by atoms with Crippen LogP contribution in [0.3, 0.4) is 0 Å². The van der Waals surface area contributed by atoms with Crippen molar-refractivity contribution in [2.24, 2.45) is 11.7 Å². The van der Waals surface area contributed by atoms with Crippen LogP contribution in [0.1, 0.15) is 44.2 Å². The van der Waals surface area contributed by atoms with Gasteiger partial charge in [0.1, 0.15) is 4.90 Å². The van der Waals surface area contributed by atoms with Crippen LogP contribution >= 0.6 is 0 Å². The first-order chi connectivity index (χ1) is 9.63. The van der Waals surface area contributed by atoms with E-state index in [0.717, 1.165) is 18.8 Å². The molecule has 1 heterocycles. The predicted molar refractivity (Wildman–Crippen MR) is 78.5 cm³/mol. The quantitative estimate of drug-likeness (QED) is 0.751. The molecule has 20 heavy (non-hydrogen) atoms. The summed E-state index contributed by atoms with van der Waals surface area (Å²) in [5.74, 6) is 0.789. The number of sulfonamides is 1. The molecule has 0 spiro atoms. The summed E-state index contributed by atoms with van der Waals surface area (Å²) < 4.78 is 27.1. The van der Waals surface area contributed by atoms with Crippen molar-refractivity contribution in [3.8, 4) is 0 Å². The molecule has 1 fully saturated rings. The number of hydrogen-bond donors (Lipinski definition) is 2. The molecular formula is C14H23N3O2S. The second-order valence-electron chi connectivity index (χ2n) is 5.34. The highest BCUT2D eigenvalue weighted by Gasteiger charge is 2.19. The highest BCUT2D eigenvalue weighted by atomic mass is 32.2. The van der Waals surface area contributed by atoms with E-state index in [1.54, 1.807) is 18.3 Å². The summed E-state index contributed by atoms with van der Waals surface area (Å²) in [6.07, 6.45) is 8.81. The van der Waals surface area contributed by atoms with Gasteiger partial charge >= 0.3 is 0 Å². The van der Waals surface area contributed by atoms with Gasteiger partial charge < -0.3 is 5.73 Å². The maximum atomic E-state index is 12.2. The molecule has 0 aromatic carbocycles. The van der Waals surface area contributed by atoms with Gasteiger partial charge in [0.2, 0.25) is 10.0 Å². The van der Waals surface area contributed by atoms with Crippen molar-refractivity contribution in [2.45, 2.75) is 50.0 Å². The zero-order valence-electron chi connectivity index (χ0n) is 11.7. The molecular weight excluding hydrogens is 274 g/mol. The van der Waals surface area contributed by atoms with Gasteiger partial charge in [-0.1, -0.05) is 25.7 Å². The Morgan fingerprint density at radius 2 is 2.10 bits per heavy atom. The Bertz CT molecular complexity index is 525. The minimum absolute atomic E-state index is 0.124. The molecule has 3 N–H and O–H groups in total. The highest BCUT2D eigenvalue weighted by molar-refractivity contribution is 7.89. The number of nitrogens with two attached hydrogens (primary N) is 1. The fourth-order valence-corrected chi connectivity index (χ4v) is 4.07.